The highest BCUT2D eigenvalue weighted by atomic mass is 19.1. The van der Waals surface area contributed by atoms with Gasteiger partial charge in [-0.05, 0) is 18.1 Å². The van der Waals surface area contributed by atoms with Crippen molar-refractivity contribution in [3.63, 3.8) is 0 Å². The van der Waals surface area contributed by atoms with E-state index in [-0.39, 0.29) is 13.0 Å². The van der Waals surface area contributed by atoms with Crippen LogP contribution in [0.15, 0.2) is 46.1 Å². The minimum atomic E-state index is -1.44. The Hall–Kier alpha value is -2.33. The fourth-order valence-electron chi connectivity index (χ4n) is 2.97. The van der Waals surface area contributed by atoms with Crippen molar-refractivity contribution in [1.29, 1.82) is 0 Å². The van der Waals surface area contributed by atoms with Crippen LogP contribution in [0.5, 0.6) is 0 Å². The first kappa shape index (κ1) is 18.5. The summed E-state index contributed by atoms with van der Waals surface area (Å²) in [5.74, 6) is -0.430. The van der Waals surface area contributed by atoms with Gasteiger partial charge in [-0.15, -0.1) is 0 Å². The molecule has 3 rings (SSSR count). The predicted octanol–water partition coefficient (Wildman–Crippen LogP) is -0.997. The molecule has 0 bridgehead atoms. The maximum absolute atomic E-state index is 13.7. The summed E-state index contributed by atoms with van der Waals surface area (Å²) in [7, 11) is 0. The number of aliphatic hydroxyl groups excluding tert-OH is 3. The molecule has 0 saturated carbocycles. The Bertz CT molecular complexity index is 895. The average molecular weight is 366 g/mol. The van der Waals surface area contributed by atoms with Gasteiger partial charge < -0.3 is 20.1 Å². The molecule has 0 spiro atoms. The van der Waals surface area contributed by atoms with Crippen LogP contribution in [0, 0.1) is 5.82 Å². The summed E-state index contributed by atoms with van der Waals surface area (Å²) in [6.45, 7) is -0.593. The Labute approximate surface area is 147 Å². The zero-order valence-electron chi connectivity index (χ0n) is 13.7. The van der Waals surface area contributed by atoms with Crippen molar-refractivity contribution in [1.82, 2.24) is 9.13 Å². The second kappa shape index (κ2) is 7.50. The highest BCUT2D eigenvalue weighted by Gasteiger charge is 2.43. The van der Waals surface area contributed by atoms with Gasteiger partial charge in [-0.2, -0.15) is 0 Å². The van der Waals surface area contributed by atoms with Crippen LogP contribution in [0.1, 0.15) is 11.8 Å². The van der Waals surface area contributed by atoms with Crippen LogP contribution in [0.4, 0.5) is 4.39 Å². The molecular formula is C17H19FN2O6. The van der Waals surface area contributed by atoms with E-state index in [1.54, 1.807) is 18.2 Å². The van der Waals surface area contributed by atoms with E-state index in [9.17, 15) is 24.2 Å². The number of ether oxygens (including phenoxy) is 1. The molecule has 1 aromatic carbocycles. The first-order valence-electron chi connectivity index (χ1n) is 8.12. The molecule has 140 valence electrons. The number of hydrogen-bond donors (Lipinski definition) is 3. The number of aryl methyl sites for hydroxylation is 1. The highest BCUT2D eigenvalue weighted by molar-refractivity contribution is 5.17. The normalized spacial score (nSPS) is 25.5. The molecule has 26 heavy (non-hydrogen) atoms. The summed E-state index contributed by atoms with van der Waals surface area (Å²) in [6.07, 6.45) is -3.80. The molecule has 2 heterocycles. The summed E-state index contributed by atoms with van der Waals surface area (Å²) >= 11 is 0. The second-order valence-corrected chi connectivity index (χ2v) is 6.07. The highest BCUT2D eigenvalue weighted by Crippen LogP contribution is 2.27. The van der Waals surface area contributed by atoms with Gasteiger partial charge in [0.1, 0.15) is 24.1 Å². The van der Waals surface area contributed by atoms with Crippen LogP contribution in [0.3, 0.4) is 0 Å². The van der Waals surface area contributed by atoms with E-state index in [0.717, 1.165) is 21.4 Å². The lowest BCUT2D eigenvalue weighted by Gasteiger charge is -2.18. The van der Waals surface area contributed by atoms with E-state index >= 15 is 0 Å². The number of aromatic nitrogens is 2. The molecule has 1 saturated heterocycles. The second-order valence-electron chi connectivity index (χ2n) is 6.07. The molecule has 0 amide bonds. The van der Waals surface area contributed by atoms with E-state index in [2.05, 4.69) is 0 Å². The average Bonchev–Trinajstić information content (AvgIpc) is 2.91. The van der Waals surface area contributed by atoms with Gasteiger partial charge in [-0.3, -0.25) is 13.9 Å². The molecule has 2 aromatic rings. The molecule has 1 aliphatic heterocycles. The lowest BCUT2D eigenvalue weighted by Crippen LogP contribution is -2.43. The SMILES string of the molecule is O=c1ccn([C@@H]2O[C@H](CO)[C@H](O)[C@@H]2O)c(=O)n1CCc1ccccc1F. The number of halogens is 1. The minimum Gasteiger partial charge on any atom is -0.394 e. The Morgan fingerprint density at radius 3 is 2.50 bits per heavy atom. The Morgan fingerprint density at radius 2 is 1.85 bits per heavy atom. The van der Waals surface area contributed by atoms with Crippen molar-refractivity contribution in [3.05, 3.63) is 68.7 Å². The topological polar surface area (TPSA) is 114 Å². The van der Waals surface area contributed by atoms with Crippen LogP contribution in [-0.4, -0.2) is 49.4 Å². The number of hydrogen-bond acceptors (Lipinski definition) is 6. The van der Waals surface area contributed by atoms with Gasteiger partial charge in [0.15, 0.2) is 6.23 Å². The molecule has 0 unspecified atom stereocenters. The molecule has 1 aliphatic rings. The van der Waals surface area contributed by atoms with Crippen molar-refractivity contribution in [3.8, 4) is 0 Å². The van der Waals surface area contributed by atoms with E-state index in [0.29, 0.717) is 5.56 Å². The van der Waals surface area contributed by atoms with Gasteiger partial charge in [0.2, 0.25) is 0 Å². The van der Waals surface area contributed by atoms with Gasteiger partial charge in [-0.1, -0.05) is 18.2 Å². The molecular weight excluding hydrogens is 347 g/mol. The standard InChI is InChI=1S/C17H19FN2O6/c18-11-4-2-1-3-10(11)5-7-19-13(22)6-8-20(17(19)25)16-15(24)14(23)12(9-21)26-16/h1-4,6,8,12,14-16,21,23-24H,5,7,9H2/t12-,14+,15+,16-/m1/s1. The molecule has 0 aliphatic carbocycles. The van der Waals surface area contributed by atoms with Gasteiger partial charge >= 0.3 is 5.69 Å². The van der Waals surface area contributed by atoms with Gasteiger partial charge in [0.25, 0.3) is 5.56 Å². The Balaban J connectivity index is 1.89. The van der Waals surface area contributed by atoms with Crippen LogP contribution in [0.2, 0.25) is 0 Å². The largest absolute Gasteiger partial charge is 0.394 e. The monoisotopic (exact) mass is 366 g/mol. The molecule has 1 aromatic heterocycles. The van der Waals surface area contributed by atoms with Crippen molar-refractivity contribution < 1.29 is 24.4 Å². The lowest BCUT2D eigenvalue weighted by atomic mass is 10.1. The van der Waals surface area contributed by atoms with E-state index < -0.39 is 48.2 Å². The Morgan fingerprint density at radius 1 is 1.12 bits per heavy atom. The fraction of sp³-hybridized carbons (Fsp3) is 0.412. The number of aliphatic hydroxyl groups is 3. The van der Waals surface area contributed by atoms with Crippen molar-refractivity contribution in [2.24, 2.45) is 0 Å². The van der Waals surface area contributed by atoms with E-state index in [4.69, 9.17) is 9.84 Å². The molecule has 0 radical (unpaired) electrons. The van der Waals surface area contributed by atoms with Gasteiger partial charge in [0, 0.05) is 18.8 Å². The maximum atomic E-state index is 13.7. The van der Waals surface area contributed by atoms with Gasteiger partial charge in [-0.25, -0.2) is 9.18 Å². The summed E-state index contributed by atoms with van der Waals surface area (Å²) in [6, 6.07) is 7.18. The summed E-state index contributed by atoms with van der Waals surface area (Å²) in [5.41, 5.74) is -0.972. The zero-order valence-corrected chi connectivity index (χ0v) is 13.7. The predicted molar refractivity (Wildman–Crippen MR) is 88.1 cm³/mol. The van der Waals surface area contributed by atoms with Crippen LogP contribution in [-0.2, 0) is 17.7 Å². The third-order valence-corrected chi connectivity index (χ3v) is 4.45. The first-order valence-corrected chi connectivity index (χ1v) is 8.12. The summed E-state index contributed by atoms with van der Waals surface area (Å²) < 4.78 is 20.9. The molecule has 4 atom stereocenters. The number of nitrogens with zero attached hydrogens (tertiary/aromatic N) is 2. The molecule has 8 nitrogen and oxygen atoms in total. The van der Waals surface area contributed by atoms with Crippen molar-refractivity contribution >= 4 is 0 Å². The smallest absolute Gasteiger partial charge is 0.333 e. The Kier molecular flexibility index (Phi) is 5.33. The summed E-state index contributed by atoms with van der Waals surface area (Å²) in [5, 5.41) is 29.0. The molecule has 3 N–H and O–H groups in total. The van der Waals surface area contributed by atoms with Crippen LogP contribution >= 0.6 is 0 Å². The number of rotatable bonds is 5. The van der Waals surface area contributed by atoms with Crippen molar-refractivity contribution in [2.75, 3.05) is 6.61 Å². The minimum absolute atomic E-state index is 0.0613. The molecule has 9 heteroatoms. The zero-order chi connectivity index (χ0) is 18.8. The summed E-state index contributed by atoms with van der Waals surface area (Å²) in [4.78, 5) is 24.7. The van der Waals surface area contributed by atoms with Gasteiger partial charge in [0.05, 0.1) is 6.61 Å². The third kappa shape index (κ3) is 3.34. The van der Waals surface area contributed by atoms with Crippen molar-refractivity contribution in [2.45, 2.75) is 37.5 Å². The lowest BCUT2D eigenvalue weighted by molar-refractivity contribution is -0.0556. The number of benzene rings is 1. The van der Waals surface area contributed by atoms with Crippen LogP contribution in [0.25, 0.3) is 0 Å². The van der Waals surface area contributed by atoms with E-state index in [1.165, 1.54) is 6.07 Å². The third-order valence-electron chi connectivity index (χ3n) is 4.45. The maximum Gasteiger partial charge on any atom is 0.333 e. The first-order chi connectivity index (χ1) is 12.4. The fourth-order valence-corrected chi connectivity index (χ4v) is 2.97. The molecule has 1 fully saturated rings. The van der Waals surface area contributed by atoms with E-state index in [1.807, 2.05) is 0 Å². The van der Waals surface area contributed by atoms with Crippen LogP contribution < -0.4 is 11.2 Å². The quantitative estimate of drug-likeness (QED) is 0.626.